The first-order valence-corrected chi connectivity index (χ1v) is 19.7. The molecule has 1 aromatic carbocycles. The van der Waals surface area contributed by atoms with E-state index in [1.807, 2.05) is 24.4 Å². The molecule has 4 aromatic heterocycles. The fourth-order valence-corrected chi connectivity index (χ4v) is 8.66. The van der Waals surface area contributed by atoms with Crippen molar-refractivity contribution in [3.63, 3.8) is 0 Å². The van der Waals surface area contributed by atoms with Crippen LogP contribution in [0, 0.1) is 5.82 Å². The van der Waals surface area contributed by atoms with E-state index < -0.39 is 17.5 Å². The van der Waals surface area contributed by atoms with Gasteiger partial charge in [-0.15, -0.1) is 0 Å². The van der Waals surface area contributed by atoms with Gasteiger partial charge in [0.15, 0.2) is 0 Å². The first kappa shape index (κ1) is 38.1. The normalized spacial score (nSPS) is 17.3. The molecule has 2 aliphatic heterocycles. The number of piperazine rings is 1. The number of nitrogens with zero attached hydrogens (tertiary/aromatic N) is 10. The molecule has 1 aliphatic carbocycles. The van der Waals surface area contributed by atoms with Gasteiger partial charge < -0.3 is 34.7 Å². The number of rotatable bonds is 12. The topological polar surface area (TPSA) is 159 Å². The SMILES string of the molecule is CNC(=O)CCC(C=O)n1c(=O)n(C)c2c(N3CCN(C4CN(c5ccc(Nc6ncc7cc(C(=O)N(C)C)n(C8CCCC8)c7n6)nc5)C4)CC3)ccc(F)c21. The standard InChI is InChI=1S/C40H49FN12O4/c1-42-34(55)14-10-28(24-54)53-35-30(41)11-12-31(36(35)48(4)40(53)57)50-17-15-49(16-18-50)29-22-51(23-29)27-9-13-33(43-21-27)45-39-44-20-25-19-32(38(56)47(2)3)52(37(25)46-39)26-7-5-6-8-26/h9,11-13,19-21,24,26,28-29H,5-8,10,14-18,22-23H2,1-4H3,(H,42,55)(H,43,44,45,46). The van der Waals surface area contributed by atoms with Crippen molar-refractivity contribution < 1.29 is 18.8 Å². The van der Waals surface area contributed by atoms with Gasteiger partial charge in [-0.2, -0.15) is 4.98 Å². The molecule has 17 heteroatoms. The Bertz CT molecular complexity index is 2370. The van der Waals surface area contributed by atoms with Crippen molar-refractivity contribution in [2.24, 2.45) is 7.05 Å². The van der Waals surface area contributed by atoms with Gasteiger partial charge in [-0.05, 0) is 49.6 Å². The van der Waals surface area contributed by atoms with Gasteiger partial charge in [0.1, 0.15) is 34.8 Å². The van der Waals surface area contributed by atoms with Crippen molar-refractivity contribution in [1.82, 2.24) is 43.8 Å². The molecule has 8 rings (SSSR count). The fraction of sp³-hybridized carbons (Fsp3) is 0.475. The third-order valence-electron chi connectivity index (χ3n) is 11.9. The van der Waals surface area contributed by atoms with Crippen LogP contribution in [0.3, 0.4) is 0 Å². The van der Waals surface area contributed by atoms with Gasteiger partial charge in [0.2, 0.25) is 11.9 Å². The summed E-state index contributed by atoms with van der Waals surface area (Å²) in [5.74, 6) is 0.169. The second kappa shape index (κ2) is 15.6. The number of aromatic nitrogens is 6. The number of halogens is 1. The molecule has 2 amide bonds. The molecule has 300 valence electrons. The van der Waals surface area contributed by atoms with Crippen LogP contribution in [0.2, 0.25) is 0 Å². The highest BCUT2D eigenvalue weighted by Crippen LogP contribution is 2.36. The minimum atomic E-state index is -0.969. The van der Waals surface area contributed by atoms with Gasteiger partial charge in [0, 0.05) is 97.5 Å². The number of aryl methyl sites for hydroxylation is 1. The Hall–Kier alpha value is -5.84. The molecule has 2 saturated heterocycles. The van der Waals surface area contributed by atoms with Crippen molar-refractivity contribution >= 4 is 63.3 Å². The number of carbonyl (C=O) groups is 3. The van der Waals surface area contributed by atoms with Gasteiger partial charge in [0.25, 0.3) is 5.91 Å². The van der Waals surface area contributed by atoms with Crippen LogP contribution in [0.1, 0.15) is 61.1 Å². The zero-order valence-electron chi connectivity index (χ0n) is 32.8. The lowest BCUT2D eigenvalue weighted by atomic mass is 10.0. The number of fused-ring (bicyclic) bond motifs is 2. The summed E-state index contributed by atoms with van der Waals surface area (Å²) >= 11 is 0. The maximum absolute atomic E-state index is 15.4. The summed E-state index contributed by atoms with van der Waals surface area (Å²) in [6, 6.07) is 8.56. The summed E-state index contributed by atoms with van der Waals surface area (Å²) in [7, 11) is 6.63. The molecule has 1 unspecified atom stereocenters. The Morgan fingerprint density at radius 1 is 0.982 bits per heavy atom. The van der Waals surface area contributed by atoms with Crippen molar-refractivity contribution in [3.8, 4) is 0 Å². The Labute approximate surface area is 329 Å². The van der Waals surface area contributed by atoms with E-state index in [9.17, 15) is 19.2 Å². The van der Waals surface area contributed by atoms with Crippen LogP contribution >= 0.6 is 0 Å². The van der Waals surface area contributed by atoms with Crippen LogP contribution in [0.5, 0.6) is 0 Å². The van der Waals surface area contributed by atoms with Crippen LogP contribution in [-0.2, 0) is 16.6 Å². The molecule has 5 aromatic rings. The molecule has 3 aliphatic rings. The second-order valence-corrected chi connectivity index (χ2v) is 15.5. The van der Waals surface area contributed by atoms with Crippen LogP contribution in [0.25, 0.3) is 22.1 Å². The molecule has 16 nitrogen and oxygen atoms in total. The Morgan fingerprint density at radius 3 is 2.40 bits per heavy atom. The highest BCUT2D eigenvalue weighted by molar-refractivity contribution is 5.98. The highest BCUT2D eigenvalue weighted by atomic mass is 19.1. The van der Waals surface area contributed by atoms with Crippen LogP contribution in [0.15, 0.2) is 47.5 Å². The number of aldehydes is 1. The Morgan fingerprint density at radius 2 is 1.74 bits per heavy atom. The zero-order valence-corrected chi connectivity index (χ0v) is 32.8. The lowest BCUT2D eigenvalue weighted by molar-refractivity contribution is -0.121. The number of benzene rings is 1. The van der Waals surface area contributed by atoms with Crippen molar-refractivity contribution in [2.75, 3.05) is 75.5 Å². The van der Waals surface area contributed by atoms with Crippen molar-refractivity contribution in [3.05, 3.63) is 64.7 Å². The Kier molecular flexibility index (Phi) is 10.4. The molecule has 2 N–H and O–H groups in total. The monoisotopic (exact) mass is 780 g/mol. The minimum Gasteiger partial charge on any atom is -0.367 e. The first-order chi connectivity index (χ1) is 27.6. The molecular weight excluding hydrogens is 732 g/mol. The van der Waals surface area contributed by atoms with E-state index in [1.54, 1.807) is 38.3 Å². The number of hydrogen-bond donors (Lipinski definition) is 2. The number of imidazole rings is 1. The maximum Gasteiger partial charge on any atom is 0.329 e. The summed E-state index contributed by atoms with van der Waals surface area (Å²) in [6.45, 7) is 4.71. The van der Waals surface area contributed by atoms with E-state index in [4.69, 9.17) is 4.98 Å². The fourth-order valence-electron chi connectivity index (χ4n) is 8.66. The largest absolute Gasteiger partial charge is 0.367 e. The summed E-state index contributed by atoms with van der Waals surface area (Å²) in [4.78, 5) is 73.0. The summed E-state index contributed by atoms with van der Waals surface area (Å²) < 4.78 is 20.1. The number of anilines is 4. The molecule has 0 radical (unpaired) electrons. The van der Waals surface area contributed by atoms with Gasteiger partial charge >= 0.3 is 5.69 Å². The molecule has 6 heterocycles. The van der Waals surface area contributed by atoms with E-state index >= 15 is 4.39 Å². The van der Waals surface area contributed by atoms with E-state index in [1.165, 1.54) is 22.2 Å². The summed E-state index contributed by atoms with van der Waals surface area (Å²) in [5.41, 5.74) is 3.19. The van der Waals surface area contributed by atoms with Gasteiger partial charge in [0.05, 0.1) is 29.1 Å². The van der Waals surface area contributed by atoms with Crippen LogP contribution in [-0.4, -0.2) is 123 Å². The quantitative estimate of drug-likeness (QED) is 0.179. The molecule has 57 heavy (non-hydrogen) atoms. The van der Waals surface area contributed by atoms with E-state index in [-0.39, 0.29) is 36.2 Å². The number of nitrogens with one attached hydrogen (secondary N) is 2. The molecule has 0 spiro atoms. The lowest BCUT2D eigenvalue weighted by Crippen LogP contribution is -2.63. The average molecular weight is 781 g/mol. The number of hydrogen-bond acceptors (Lipinski definition) is 11. The van der Waals surface area contributed by atoms with Gasteiger partial charge in [-0.1, -0.05) is 12.8 Å². The Balaban J connectivity index is 0.894. The number of pyridine rings is 1. The van der Waals surface area contributed by atoms with Gasteiger partial charge in [-0.25, -0.2) is 19.2 Å². The van der Waals surface area contributed by atoms with E-state index in [2.05, 4.69) is 39.9 Å². The molecular formula is C40H49FN12O4. The van der Waals surface area contributed by atoms with E-state index in [0.717, 1.165) is 74.3 Å². The lowest BCUT2D eigenvalue weighted by Gasteiger charge is -2.49. The van der Waals surface area contributed by atoms with Crippen LogP contribution in [0.4, 0.5) is 27.5 Å². The predicted octanol–water partition coefficient (Wildman–Crippen LogP) is 3.46. The number of carbonyl (C=O) groups excluding carboxylic acids is 3. The summed E-state index contributed by atoms with van der Waals surface area (Å²) in [6.07, 6.45) is 8.67. The first-order valence-electron chi connectivity index (χ1n) is 19.7. The molecule has 1 atom stereocenters. The predicted molar refractivity (Wildman–Crippen MR) is 216 cm³/mol. The van der Waals surface area contributed by atoms with Crippen molar-refractivity contribution in [2.45, 2.75) is 56.7 Å². The minimum absolute atomic E-state index is 0.0379. The molecule has 3 fully saturated rings. The number of amides is 2. The average Bonchev–Trinajstić information content (AvgIpc) is 3.93. The maximum atomic E-state index is 15.4. The second-order valence-electron chi connectivity index (χ2n) is 15.5. The highest BCUT2D eigenvalue weighted by Gasteiger charge is 2.35. The van der Waals surface area contributed by atoms with Gasteiger partial charge in [-0.3, -0.25) is 23.6 Å². The van der Waals surface area contributed by atoms with Crippen molar-refractivity contribution in [1.29, 1.82) is 0 Å². The molecule has 0 bridgehead atoms. The smallest absolute Gasteiger partial charge is 0.329 e. The summed E-state index contributed by atoms with van der Waals surface area (Å²) in [5, 5.41) is 6.61. The van der Waals surface area contributed by atoms with E-state index in [0.29, 0.717) is 48.4 Å². The third kappa shape index (κ3) is 7.08. The van der Waals surface area contributed by atoms with Crippen LogP contribution < -0.4 is 26.1 Å². The zero-order chi connectivity index (χ0) is 40.0. The third-order valence-corrected chi connectivity index (χ3v) is 11.9. The molecule has 1 saturated carbocycles.